The van der Waals surface area contributed by atoms with Gasteiger partial charge in [-0.3, -0.25) is 4.79 Å². The molecule has 0 saturated carbocycles. The Labute approximate surface area is 67.9 Å². The van der Waals surface area contributed by atoms with Crippen LogP contribution < -0.4 is 0 Å². The second kappa shape index (κ2) is 3.64. The zero-order chi connectivity index (χ0) is 7.40. The highest BCUT2D eigenvalue weighted by atomic mass is 35.7. The van der Waals surface area contributed by atoms with Crippen molar-refractivity contribution >= 4 is 26.8 Å². The van der Waals surface area contributed by atoms with Crippen molar-refractivity contribution in [3.8, 4) is 0 Å². The van der Waals surface area contributed by atoms with Crippen LogP contribution >= 0.6 is 21.7 Å². The van der Waals surface area contributed by atoms with E-state index in [2.05, 4.69) is 0 Å². The number of hydrogen-bond donors (Lipinski definition) is 0. The topological polar surface area (TPSA) is 17.1 Å². The molecule has 10 heavy (non-hydrogen) atoms. The van der Waals surface area contributed by atoms with Crippen molar-refractivity contribution in [1.29, 1.82) is 0 Å². The van der Waals surface area contributed by atoms with E-state index in [1.807, 2.05) is 6.07 Å². The Morgan fingerprint density at radius 1 is 1.30 bits per heavy atom. The fourth-order valence-corrected chi connectivity index (χ4v) is 1.11. The van der Waals surface area contributed by atoms with Crippen LogP contribution in [0.5, 0.6) is 0 Å². The average Bonchev–Trinajstić information content (AvgIpc) is 2.05. The molecule has 0 saturated heterocycles. The van der Waals surface area contributed by atoms with Crippen LogP contribution in [0, 0.1) is 0 Å². The summed E-state index contributed by atoms with van der Waals surface area (Å²) in [7, 11) is 5.96. The number of carbonyl (C=O) groups is 1. The summed E-state index contributed by atoms with van der Waals surface area (Å²) in [5, 5.41) is -0.109. The molecule has 0 unspecified atom stereocenters. The number of benzene rings is 1. The summed E-state index contributed by atoms with van der Waals surface area (Å²) < 4.78 is 0. The predicted molar refractivity (Wildman–Crippen MR) is 44.2 cm³/mol. The maximum Gasteiger partial charge on any atom is 0.234 e. The average molecular weight is 173 g/mol. The molecule has 3 heteroatoms. The third-order valence-electron chi connectivity index (χ3n) is 1.08. The van der Waals surface area contributed by atoms with E-state index in [1.165, 1.54) is 0 Å². The summed E-state index contributed by atoms with van der Waals surface area (Å²) in [4.78, 5) is 10.8. The van der Waals surface area contributed by atoms with Crippen molar-refractivity contribution in [3.05, 3.63) is 35.9 Å². The minimum atomic E-state index is -0.109. The standard InChI is InChI=1S/C7H5ClOS/c8-10-7(9)6-4-2-1-3-5-6/h1-5H. The van der Waals surface area contributed by atoms with E-state index in [4.69, 9.17) is 10.7 Å². The minimum Gasteiger partial charge on any atom is -0.280 e. The van der Waals surface area contributed by atoms with E-state index < -0.39 is 0 Å². The molecule has 0 heterocycles. The third-order valence-corrected chi connectivity index (χ3v) is 1.88. The first kappa shape index (κ1) is 7.63. The Kier molecular flexibility index (Phi) is 2.78. The molecule has 0 aliphatic heterocycles. The molecule has 1 aromatic rings. The molecule has 1 nitrogen and oxygen atoms in total. The Hall–Kier alpha value is -0.470. The second-order valence-electron chi connectivity index (χ2n) is 1.73. The zero-order valence-corrected chi connectivity index (χ0v) is 6.65. The molecule has 52 valence electrons. The van der Waals surface area contributed by atoms with Gasteiger partial charge in [0.05, 0.1) is 0 Å². The second-order valence-corrected chi connectivity index (χ2v) is 2.72. The lowest BCUT2D eigenvalue weighted by molar-refractivity contribution is 0.109. The smallest absolute Gasteiger partial charge is 0.234 e. The summed E-state index contributed by atoms with van der Waals surface area (Å²) in [6.07, 6.45) is 0. The van der Waals surface area contributed by atoms with E-state index >= 15 is 0 Å². The van der Waals surface area contributed by atoms with Gasteiger partial charge < -0.3 is 0 Å². The lowest BCUT2D eigenvalue weighted by Crippen LogP contribution is -1.87. The molecular weight excluding hydrogens is 168 g/mol. The van der Waals surface area contributed by atoms with Crippen molar-refractivity contribution in [2.75, 3.05) is 0 Å². The molecule has 0 aromatic heterocycles. The number of halogens is 1. The van der Waals surface area contributed by atoms with Crippen molar-refractivity contribution in [1.82, 2.24) is 0 Å². The van der Waals surface area contributed by atoms with Gasteiger partial charge in [0.15, 0.2) is 0 Å². The van der Waals surface area contributed by atoms with Crippen molar-refractivity contribution in [2.24, 2.45) is 0 Å². The van der Waals surface area contributed by atoms with Crippen LogP contribution in [0.4, 0.5) is 0 Å². The molecular formula is C7H5ClOS. The third kappa shape index (κ3) is 1.75. The lowest BCUT2D eigenvalue weighted by atomic mass is 10.2. The summed E-state index contributed by atoms with van der Waals surface area (Å²) in [5.74, 6) is 0. The maximum atomic E-state index is 10.8. The van der Waals surface area contributed by atoms with Gasteiger partial charge in [0, 0.05) is 16.5 Å². The van der Waals surface area contributed by atoms with Crippen LogP contribution in [0.3, 0.4) is 0 Å². The van der Waals surface area contributed by atoms with Gasteiger partial charge in [0.1, 0.15) is 0 Å². The predicted octanol–water partition coefficient (Wildman–Crippen LogP) is 2.71. The summed E-state index contributed by atoms with van der Waals surface area (Å²) in [6, 6.07) is 8.94. The van der Waals surface area contributed by atoms with Crippen LogP contribution in [0.15, 0.2) is 30.3 Å². The Morgan fingerprint density at radius 3 is 2.40 bits per heavy atom. The molecule has 0 bridgehead atoms. The number of hydrogen-bond acceptors (Lipinski definition) is 2. The highest BCUT2D eigenvalue weighted by Crippen LogP contribution is 2.14. The van der Waals surface area contributed by atoms with Gasteiger partial charge in [-0.05, 0) is 10.7 Å². The fraction of sp³-hybridized carbons (Fsp3) is 0. The molecule has 0 atom stereocenters. The summed E-state index contributed by atoms with van der Waals surface area (Å²) in [5.41, 5.74) is 0.641. The number of carbonyl (C=O) groups excluding carboxylic acids is 1. The van der Waals surface area contributed by atoms with E-state index in [-0.39, 0.29) is 5.12 Å². The molecule has 0 radical (unpaired) electrons. The van der Waals surface area contributed by atoms with Gasteiger partial charge >= 0.3 is 0 Å². The molecule has 0 aliphatic carbocycles. The van der Waals surface area contributed by atoms with E-state index in [9.17, 15) is 4.79 Å². The number of rotatable bonds is 1. The first-order chi connectivity index (χ1) is 4.84. The van der Waals surface area contributed by atoms with E-state index in [1.54, 1.807) is 24.3 Å². The van der Waals surface area contributed by atoms with Gasteiger partial charge in [-0.1, -0.05) is 30.3 Å². The zero-order valence-electron chi connectivity index (χ0n) is 5.08. The first-order valence-corrected chi connectivity index (χ1v) is 4.37. The van der Waals surface area contributed by atoms with Gasteiger partial charge in [-0.25, -0.2) is 0 Å². The van der Waals surface area contributed by atoms with E-state index in [0.29, 0.717) is 16.5 Å². The fourth-order valence-electron chi connectivity index (χ4n) is 0.619. The van der Waals surface area contributed by atoms with Gasteiger partial charge in [0.2, 0.25) is 5.12 Å². The molecule has 0 aliphatic rings. The van der Waals surface area contributed by atoms with Crippen LogP contribution in [0.1, 0.15) is 10.4 Å². The molecule has 0 spiro atoms. The van der Waals surface area contributed by atoms with Gasteiger partial charge in [-0.15, -0.1) is 0 Å². The lowest BCUT2D eigenvalue weighted by Gasteiger charge is -1.91. The van der Waals surface area contributed by atoms with Crippen LogP contribution in [-0.2, 0) is 0 Å². The minimum absolute atomic E-state index is 0.109. The Balaban J connectivity index is 2.85. The quantitative estimate of drug-likeness (QED) is 0.648. The summed E-state index contributed by atoms with van der Waals surface area (Å²) in [6.45, 7) is 0. The highest BCUT2D eigenvalue weighted by molar-refractivity contribution is 8.33. The first-order valence-electron chi connectivity index (χ1n) is 2.72. The van der Waals surface area contributed by atoms with Crippen LogP contribution in [0.2, 0.25) is 0 Å². The van der Waals surface area contributed by atoms with Crippen molar-refractivity contribution in [3.63, 3.8) is 0 Å². The summed E-state index contributed by atoms with van der Waals surface area (Å²) >= 11 is 0. The molecule has 0 amide bonds. The van der Waals surface area contributed by atoms with E-state index in [0.717, 1.165) is 0 Å². The molecule has 0 N–H and O–H groups in total. The van der Waals surface area contributed by atoms with Crippen LogP contribution in [0.25, 0.3) is 0 Å². The van der Waals surface area contributed by atoms with Crippen molar-refractivity contribution in [2.45, 2.75) is 0 Å². The Bertz CT molecular complexity index is 222. The normalized spacial score (nSPS) is 9.30. The maximum absolute atomic E-state index is 10.8. The molecule has 1 aromatic carbocycles. The van der Waals surface area contributed by atoms with Crippen LogP contribution in [-0.4, -0.2) is 5.12 Å². The van der Waals surface area contributed by atoms with Gasteiger partial charge in [0.25, 0.3) is 0 Å². The molecule has 1 rings (SSSR count). The largest absolute Gasteiger partial charge is 0.280 e. The SMILES string of the molecule is O=C(SCl)c1ccccc1. The monoisotopic (exact) mass is 172 g/mol. The van der Waals surface area contributed by atoms with Crippen molar-refractivity contribution < 1.29 is 4.79 Å². The highest BCUT2D eigenvalue weighted by Gasteiger charge is 2.01. The van der Waals surface area contributed by atoms with Gasteiger partial charge in [-0.2, -0.15) is 0 Å². The Morgan fingerprint density at radius 2 is 1.90 bits per heavy atom. The molecule has 0 fully saturated rings.